The number of benzene rings is 2. The molecule has 2 aromatic rings. The van der Waals surface area contributed by atoms with E-state index in [1.54, 1.807) is 24.3 Å². The minimum absolute atomic E-state index is 0.0872. The van der Waals surface area contributed by atoms with Crippen molar-refractivity contribution in [1.29, 1.82) is 0 Å². The predicted octanol–water partition coefficient (Wildman–Crippen LogP) is 4.67. The molecule has 28 heavy (non-hydrogen) atoms. The highest BCUT2D eigenvalue weighted by atomic mass is 16.5. The zero-order chi connectivity index (χ0) is 20.5. The fourth-order valence-electron chi connectivity index (χ4n) is 2.80. The lowest BCUT2D eigenvalue weighted by Crippen LogP contribution is -2.25. The maximum atomic E-state index is 12.3. The lowest BCUT2D eigenvalue weighted by molar-refractivity contribution is -0.118. The molecular formula is C23H30N2O3. The molecule has 0 saturated heterocycles. The summed E-state index contributed by atoms with van der Waals surface area (Å²) in [4.78, 5) is 24.5. The summed E-state index contributed by atoms with van der Waals surface area (Å²) in [6, 6.07) is 12.9. The third kappa shape index (κ3) is 6.41. The molecule has 0 bridgehead atoms. The largest absolute Gasteiger partial charge is 0.483 e. The van der Waals surface area contributed by atoms with Gasteiger partial charge in [-0.15, -0.1) is 0 Å². The van der Waals surface area contributed by atoms with Gasteiger partial charge in [0.1, 0.15) is 5.75 Å². The van der Waals surface area contributed by atoms with Gasteiger partial charge in [-0.3, -0.25) is 9.59 Å². The number of hydrogen-bond donors (Lipinski definition) is 2. The van der Waals surface area contributed by atoms with Gasteiger partial charge in [0.05, 0.1) is 0 Å². The Labute approximate surface area is 167 Å². The summed E-state index contributed by atoms with van der Waals surface area (Å²) in [7, 11) is 0. The Hall–Kier alpha value is -2.82. The topological polar surface area (TPSA) is 67.4 Å². The molecule has 5 nitrogen and oxygen atoms in total. The Morgan fingerprint density at radius 1 is 1.11 bits per heavy atom. The van der Waals surface area contributed by atoms with Crippen molar-refractivity contribution in [1.82, 2.24) is 5.32 Å². The number of carbonyl (C=O) groups is 2. The molecule has 2 amide bonds. The maximum absolute atomic E-state index is 12.3. The first-order valence-electron chi connectivity index (χ1n) is 9.82. The second kappa shape index (κ2) is 10.5. The van der Waals surface area contributed by atoms with E-state index in [1.165, 1.54) is 0 Å². The third-order valence-corrected chi connectivity index (χ3v) is 4.37. The highest BCUT2D eigenvalue weighted by Gasteiger charge is 2.11. The molecule has 0 aliphatic rings. The van der Waals surface area contributed by atoms with Crippen LogP contribution in [0.1, 0.15) is 61.0 Å². The number of carbonyl (C=O) groups excluding carboxylic acids is 2. The van der Waals surface area contributed by atoms with Crippen molar-refractivity contribution < 1.29 is 14.3 Å². The molecule has 0 fully saturated rings. The predicted molar refractivity (Wildman–Crippen MR) is 113 cm³/mol. The molecule has 0 unspecified atom stereocenters. The Kier molecular flexibility index (Phi) is 8.05. The molecular weight excluding hydrogens is 352 g/mol. The van der Waals surface area contributed by atoms with Crippen LogP contribution in [0.4, 0.5) is 5.69 Å². The second-order valence-corrected chi connectivity index (χ2v) is 7.22. The summed E-state index contributed by atoms with van der Waals surface area (Å²) in [5.41, 5.74) is 3.26. The molecule has 2 aromatic carbocycles. The van der Waals surface area contributed by atoms with E-state index in [1.807, 2.05) is 25.1 Å². The van der Waals surface area contributed by atoms with Crippen LogP contribution in [0.25, 0.3) is 0 Å². The Balaban J connectivity index is 1.96. The van der Waals surface area contributed by atoms with Crippen molar-refractivity contribution >= 4 is 17.5 Å². The number of hydrogen-bond acceptors (Lipinski definition) is 3. The van der Waals surface area contributed by atoms with Gasteiger partial charge in [-0.25, -0.2) is 0 Å². The summed E-state index contributed by atoms with van der Waals surface area (Å²) >= 11 is 0. The van der Waals surface area contributed by atoms with Crippen molar-refractivity contribution in [2.24, 2.45) is 0 Å². The van der Waals surface area contributed by atoms with E-state index < -0.39 is 0 Å². The first-order chi connectivity index (χ1) is 13.4. The second-order valence-electron chi connectivity index (χ2n) is 7.22. The third-order valence-electron chi connectivity index (χ3n) is 4.37. The quantitative estimate of drug-likeness (QED) is 0.620. The monoisotopic (exact) mass is 382 g/mol. The molecule has 0 aliphatic carbocycles. The van der Waals surface area contributed by atoms with E-state index in [0.29, 0.717) is 23.7 Å². The molecule has 150 valence electrons. The van der Waals surface area contributed by atoms with Gasteiger partial charge in [0, 0.05) is 17.8 Å². The lowest BCUT2D eigenvalue weighted by Gasteiger charge is -2.15. The first kappa shape index (κ1) is 21.5. The molecule has 0 aliphatic heterocycles. The molecule has 0 aromatic heterocycles. The molecule has 2 N–H and O–H groups in total. The number of unbranched alkanes of at least 4 members (excludes halogenated alkanes) is 1. The van der Waals surface area contributed by atoms with Crippen molar-refractivity contribution in [3.8, 4) is 5.75 Å². The zero-order valence-corrected chi connectivity index (χ0v) is 17.2. The van der Waals surface area contributed by atoms with E-state index in [-0.39, 0.29) is 18.4 Å². The van der Waals surface area contributed by atoms with Crippen molar-refractivity contribution in [2.45, 2.75) is 46.5 Å². The smallest absolute Gasteiger partial charge is 0.262 e. The number of amides is 2. The minimum atomic E-state index is -0.264. The minimum Gasteiger partial charge on any atom is -0.483 e. The SMILES string of the molecule is CCCCNC(=O)c1cccc(NC(=O)COc2cc(C)ccc2C(C)C)c1. The summed E-state index contributed by atoms with van der Waals surface area (Å²) in [5, 5.41) is 5.67. The van der Waals surface area contributed by atoms with Crippen LogP contribution >= 0.6 is 0 Å². The number of rotatable bonds is 9. The lowest BCUT2D eigenvalue weighted by atomic mass is 10.0. The summed E-state index contributed by atoms with van der Waals surface area (Å²) in [5.74, 6) is 0.637. The van der Waals surface area contributed by atoms with Crippen LogP contribution in [-0.4, -0.2) is 25.0 Å². The number of anilines is 1. The Bertz CT molecular complexity index is 815. The average molecular weight is 383 g/mol. The molecule has 0 radical (unpaired) electrons. The Morgan fingerprint density at radius 3 is 2.61 bits per heavy atom. The summed E-state index contributed by atoms with van der Waals surface area (Å²) in [6.45, 7) is 8.81. The molecule has 0 saturated carbocycles. The van der Waals surface area contributed by atoms with E-state index in [4.69, 9.17) is 4.74 Å². The Morgan fingerprint density at radius 2 is 1.89 bits per heavy atom. The highest BCUT2D eigenvalue weighted by molar-refractivity contribution is 5.97. The molecule has 5 heteroatoms. The van der Waals surface area contributed by atoms with Gasteiger partial charge in [-0.05, 0) is 54.7 Å². The van der Waals surface area contributed by atoms with Gasteiger partial charge in [-0.2, -0.15) is 0 Å². The van der Waals surface area contributed by atoms with E-state index in [0.717, 1.165) is 29.7 Å². The first-order valence-corrected chi connectivity index (χ1v) is 9.82. The van der Waals surface area contributed by atoms with Crippen molar-refractivity contribution in [2.75, 3.05) is 18.5 Å². The zero-order valence-electron chi connectivity index (χ0n) is 17.2. The van der Waals surface area contributed by atoms with Crippen LogP contribution in [0.15, 0.2) is 42.5 Å². The fourth-order valence-corrected chi connectivity index (χ4v) is 2.80. The summed E-state index contributed by atoms with van der Waals surface area (Å²) in [6.07, 6.45) is 1.96. The van der Waals surface area contributed by atoms with E-state index >= 15 is 0 Å². The fraction of sp³-hybridized carbons (Fsp3) is 0.391. The summed E-state index contributed by atoms with van der Waals surface area (Å²) < 4.78 is 5.77. The van der Waals surface area contributed by atoms with Crippen LogP contribution < -0.4 is 15.4 Å². The van der Waals surface area contributed by atoms with Crippen molar-refractivity contribution in [3.05, 3.63) is 59.2 Å². The van der Waals surface area contributed by atoms with Crippen LogP contribution in [0.5, 0.6) is 5.75 Å². The van der Waals surface area contributed by atoms with Gasteiger partial charge < -0.3 is 15.4 Å². The van der Waals surface area contributed by atoms with Gasteiger partial charge in [-0.1, -0.05) is 45.4 Å². The molecule has 0 atom stereocenters. The maximum Gasteiger partial charge on any atom is 0.262 e. The van der Waals surface area contributed by atoms with Crippen LogP contribution in [0.2, 0.25) is 0 Å². The van der Waals surface area contributed by atoms with E-state index in [2.05, 4.69) is 31.4 Å². The standard InChI is InChI=1S/C23H30N2O3/c1-5-6-12-24-23(27)18-8-7-9-19(14-18)25-22(26)15-28-21-13-17(4)10-11-20(21)16(2)3/h7-11,13-14,16H,5-6,12,15H2,1-4H3,(H,24,27)(H,25,26). The van der Waals surface area contributed by atoms with Gasteiger partial charge in [0.25, 0.3) is 11.8 Å². The van der Waals surface area contributed by atoms with Crippen LogP contribution in [0.3, 0.4) is 0 Å². The van der Waals surface area contributed by atoms with Crippen LogP contribution in [0, 0.1) is 6.92 Å². The number of nitrogens with one attached hydrogen (secondary N) is 2. The highest BCUT2D eigenvalue weighted by Crippen LogP contribution is 2.27. The van der Waals surface area contributed by atoms with Gasteiger partial charge >= 0.3 is 0 Å². The van der Waals surface area contributed by atoms with Crippen LogP contribution in [-0.2, 0) is 4.79 Å². The molecule has 2 rings (SSSR count). The molecule has 0 spiro atoms. The number of ether oxygens (including phenoxy) is 1. The molecule has 0 heterocycles. The number of aryl methyl sites for hydroxylation is 1. The van der Waals surface area contributed by atoms with E-state index in [9.17, 15) is 9.59 Å². The van der Waals surface area contributed by atoms with Crippen molar-refractivity contribution in [3.63, 3.8) is 0 Å². The van der Waals surface area contributed by atoms with Gasteiger partial charge in [0.2, 0.25) is 0 Å². The normalized spacial score (nSPS) is 10.6. The average Bonchev–Trinajstić information content (AvgIpc) is 2.66. The van der Waals surface area contributed by atoms with Gasteiger partial charge in [0.15, 0.2) is 6.61 Å².